The molecule has 120 valence electrons. The third kappa shape index (κ3) is 3.07. The van der Waals surface area contributed by atoms with Gasteiger partial charge in [-0.3, -0.25) is 9.40 Å². The Hall–Kier alpha value is -1.97. The van der Waals surface area contributed by atoms with Gasteiger partial charge in [-0.2, -0.15) is 5.10 Å². The molecule has 23 heavy (non-hydrogen) atoms. The van der Waals surface area contributed by atoms with Crippen LogP contribution in [-0.4, -0.2) is 27.8 Å². The highest BCUT2D eigenvalue weighted by atomic mass is 35.5. The van der Waals surface area contributed by atoms with Crippen LogP contribution in [0.1, 0.15) is 5.69 Å². The van der Waals surface area contributed by atoms with Crippen molar-refractivity contribution in [3.63, 3.8) is 0 Å². The van der Waals surface area contributed by atoms with Gasteiger partial charge in [-0.05, 0) is 30.6 Å². The summed E-state index contributed by atoms with van der Waals surface area (Å²) in [5.74, 6) is 0. The number of sulfonamides is 1. The minimum Gasteiger partial charge on any atom is -0.279 e. The first-order chi connectivity index (χ1) is 10.9. The van der Waals surface area contributed by atoms with Crippen LogP contribution in [0.4, 0.5) is 5.69 Å². The van der Waals surface area contributed by atoms with Crippen LogP contribution in [0.3, 0.4) is 0 Å². The second-order valence-electron chi connectivity index (χ2n) is 4.80. The number of aryl methyl sites for hydroxylation is 2. The van der Waals surface area contributed by atoms with Crippen molar-refractivity contribution >= 4 is 38.8 Å². The second kappa shape index (κ2) is 5.91. The lowest BCUT2D eigenvalue weighted by molar-refractivity contribution is 0.600. The third-order valence-electron chi connectivity index (χ3n) is 3.16. The summed E-state index contributed by atoms with van der Waals surface area (Å²) in [5, 5.41) is 9.87. The molecule has 0 amide bonds. The minimum atomic E-state index is -3.81. The van der Waals surface area contributed by atoms with Crippen molar-refractivity contribution in [3.05, 3.63) is 40.5 Å². The van der Waals surface area contributed by atoms with Gasteiger partial charge in [0.2, 0.25) is 0 Å². The summed E-state index contributed by atoms with van der Waals surface area (Å²) in [4.78, 5) is -0.0190. The number of hydrogen-bond acceptors (Lipinski definition) is 6. The van der Waals surface area contributed by atoms with E-state index in [0.717, 1.165) is 11.3 Å². The summed E-state index contributed by atoms with van der Waals surface area (Å²) in [6.07, 6.45) is 0. The highest BCUT2D eigenvalue weighted by Gasteiger charge is 2.25. The standard InChI is InChI=1S/C13H12ClN5O2S2/c1-8-12(13(14)19(2)16-8)23(20,21)17-10-5-3-9(4-6-10)11-7-22-18-15-11/h3-7,17H,1-2H3. The molecule has 2 aromatic heterocycles. The van der Waals surface area contributed by atoms with Crippen molar-refractivity contribution in [3.8, 4) is 11.3 Å². The van der Waals surface area contributed by atoms with Gasteiger partial charge in [-0.15, -0.1) is 5.10 Å². The van der Waals surface area contributed by atoms with Crippen LogP contribution in [0.5, 0.6) is 0 Å². The smallest absolute Gasteiger partial charge is 0.266 e. The zero-order valence-corrected chi connectivity index (χ0v) is 14.6. The number of hydrogen-bond donors (Lipinski definition) is 1. The van der Waals surface area contributed by atoms with E-state index in [1.165, 1.54) is 16.2 Å². The van der Waals surface area contributed by atoms with Crippen LogP contribution in [0.2, 0.25) is 5.15 Å². The molecule has 2 heterocycles. The number of aromatic nitrogens is 4. The topological polar surface area (TPSA) is 89.8 Å². The van der Waals surface area contributed by atoms with Gasteiger partial charge in [-0.25, -0.2) is 8.42 Å². The monoisotopic (exact) mass is 369 g/mol. The molecule has 0 saturated heterocycles. The molecule has 0 radical (unpaired) electrons. The average Bonchev–Trinajstić information content (AvgIpc) is 3.09. The minimum absolute atomic E-state index is 0.0190. The summed E-state index contributed by atoms with van der Waals surface area (Å²) in [6, 6.07) is 6.86. The first-order valence-electron chi connectivity index (χ1n) is 6.48. The van der Waals surface area contributed by atoms with Crippen LogP contribution < -0.4 is 4.72 Å². The molecule has 7 nitrogen and oxygen atoms in total. The number of benzene rings is 1. The highest BCUT2D eigenvalue weighted by Crippen LogP contribution is 2.27. The van der Waals surface area contributed by atoms with Gasteiger partial charge in [-0.1, -0.05) is 28.2 Å². The van der Waals surface area contributed by atoms with E-state index in [1.54, 1.807) is 38.2 Å². The fourth-order valence-electron chi connectivity index (χ4n) is 2.12. The van der Waals surface area contributed by atoms with Crippen molar-refractivity contribution in [1.82, 2.24) is 19.4 Å². The van der Waals surface area contributed by atoms with E-state index >= 15 is 0 Å². The summed E-state index contributed by atoms with van der Waals surface area (Å²) in [5.41, 5.74) is 2.37. The predicted molar refractivity (Wildman–Crippen MR) is 89.1 cm³/mol. The summed E-state index contributed by atoms with van der Waals surface area (Å²) < 4.78 is 32.6. The lowest BCUT2D eigenvalue weighted by atomic mass is 10.2. The van der Waals surface area contributed by atoms with Crippen molar-refractivity contribution in [2.45, 2.75) is 11.8 Å². The molecule has 0 aliphatic carbocycles. The molecule has 0 aliphatic rings. The largest absolute Gasteiger partial charge is 0.279 e. The van der Waals surface area contributed by atoms with Crippen molar-refractivity contribution < 1.29 is 8.42 Å². The molecule has 10 heteroatoms. The molecule has 0 spiro atoms. The molecule has 1 aromatic carbocycles. The molecule has 0 aliphatic heterocycles. The summed E-state index contributed by atoms with van der Waals surface area (Å²) in [7, 11) is -2.22. The van der Waals surface area contributed by atoms with E-state index in [2.05, 4.69) is 19.4 Å². The molecule has 1 N–H and O–H groups in total. The zero-order chi connectivity index (χ0) is 16.6. The van der Waals surface area contributed by atoms with Crippen molar-refractivity contribution in [2.24, 2.45) is 7.05 Å². The van der Waals surface area contributed by atoms with E-state index < -0.39 is 10.0 Å². The Morgan fingerprint density at radius 3 is 2.48 bits per heavy atom. The van der Waals surface area contributed by atoms with Gasteiger partial charge in [0, 0.05) is 23.7 Å². The normalized spacial score (nSPS) is 11.6. The van der Waals surface area contributed by atoms with Crippen LogP contribution >= 0.6 is 23.1 Å². The van der Waals surface area contributed by atoms with Crippen molar-refractivity contribution in [2.75, 3.05) is 4.72 Å². The fourth-order valence-corrected chi connectivity index (χ4v) is 4.40. The van der Waals surface area contributed by atoms with Crippen LogP contribution in [0.25, 0.3) is 11.3 Å². The maximum atomic E-state index is 12.5. The van der Waals surface area contributed by atoms with E-state index in [-0.39, 0.29) is 10.0 Å². The Labute approximate surface area is 142 Å². The zero-order valence-electron chi connectivity index (χ0n) is 12.2. The quantitative estimate of drug-likeness (QED) is 0.763. The maximum Gasteiger partial charge on any atom is 0.266 e. The van der Waals surface area contributed by atoms with Gasteiger partial charge in [0.15, 0.2) is 0 Å². The predicted octanol–water partition coefficient (Wildman–Crippen LogP) is 2.70. The van der Waals surface area contributed by atoms with Crippen LogP contribution in [-0.2, 0) is 17.1 Å². The van der Waals surface area contributed by atoms with E-state index in [0.29, 0.717) is 11.4 Å². The van der Waals surface area contributed by atoms with Crippen molar-refractivity contribution in [1.29, 1.82) is 0 Å². The molecule has 0 atom stereocenters. The van der Waals surface area contributed by atoms with Gasteiger partial charge < -0.3 is 0 Å². The molecule has 3 aromatic rings. The Morgan fingerprint density at radius 1 is 1.26 bits per heavy atom. The Bertz CT molecular complexity index is 934. The maximum absolute atomic E-state index is 12.5. The SMILES string of the molecule is Cc1nn(C)c(Cl)c1S(=O)(=O)Nc1ccc(-c2csnn2)cc1. The van der Waals surface area contributed by atoms with Gasteiger partial charge in [0.25, 0.3) is 10.0 Å². The number of rotatable bonds is 4. The highest BCUT2D eigenvalue weighted by molar-refractivity contribution is 7.92. The molecular formula is C13H12ClN5O2S2. The Morgan fingerprint density at radius 2 is 1.96 bits per heavy atom. The molecular weight excluding hydrogens is 358 g/mol. The number of anilines is 1. The second-order valence-corrected chi connectivity index (χ2v) is 7.39. The average molecular weight is 370 g/mol. The fraction of sp³-hybridized carbons (Fsp3) is 0.154. The van der Waals surface area contributed by atoms with E-state index in [9.17, 15) is 8.42 Å². The summed E-state index contributed by atoms with van der Waals surface area (Å²) in [6.45, 7) is 1.60. The molecule has 0 unspecified atom stereocenters. The number of nitrogens with one attached hydrogen (secondary N) is 1. The molecule has 0 saturated carbocycles. The van der Waals surface area contributed by atoms with Crippen LogP contribution in [0, 0.1) is 6.92 Å². The van der Waals surface area contributed by atoms with Gasteiger partial charge in [0.05, 0.1) is 5.69 Å². The van der Waals surface area contributed by atoms with Gasteiger partial charge in [0.1, 0.15) is 15.7 Å². The summed E-state index contributed by atoms with van der Waals surface area (Å²) >= 11 is 7.28. The Balaban J connectivity index is 1.89. The third-order valence-corrected chi connectivity index (χ3v) is 5.74. The molecule has 3 rings (SSSR count). The number of halogens is 1. The van der Waals surface area contributed by atoms with Gasteiger partial charge >= 0.3 is 0 Å². The van der Waals surface area contributed by atoms with E-state index in [4.69, 9.17) is 11.6 Å². The first-order valence-corrected chi connectivity index (χ1v) is 9.17. The Kier molecular flexibility index (Phi) is 4.09. The molecule has 0 fully saturated rings. The molecule has 0 bridgehead atoms. The van der Waals surface area contributed by atoms with E-state index in [1.807, 2.05) is 5.38 Å². The first kappa shape index (κ1) is 15.9. The number of nitrogens with zero attached hydrogens (tertiary/aromatic N) is 4. The lowest BCUT2D eigenvalue weighted by Crippen LogP contribution is -2.14. The lowest BCUT2D eigenvalue weighted by Gasteiger charge is -2.08. The van der Waals surface area contributed by atoms with Crippen LogP contribution in [0.15, 0.2) is 34.5 Å².